The number of allylic oxidation sites excluding steroid dienone is 3. The Balaban J connectivity index is 1.64. The minimum absolute atomic E-state index is 0.0449. The summed E-state index contributed by atoms with van der Waals surface area (Å²) in [7, 11) is 0. The Morgan fingerprint density at radius 1 is 1.21 bits per heavy atom. The van der Waals surface area contributed by atoms with Gasteiger partial charge in [-0.1, -0.05) is 65.3 Å². The van der Waals surface area contributed by atoms with Gasteiger partial charge in [-0.25, -0.2) is 0 Å². The van der Waals surface area contributed by atoms with E-state index in [1.165, 1.54) is 11.8 Å². The van der Waals surface area contributed by atoms with Crippen molar-refractivity contribution in [2.24, 2.45) is 5.41 Å². The van der Waals surface area contributed by atoms with Crippen molar-refractivity contribution < 1.29 is 9.59 Å². The molecule has 1 atom stereocenters. The maximum Gasteiger partial charge on any atom is 0.234 e. The Morgan fingerprint density at radius 3 is 2.53 bits per heavy atom. The second-order valence-electron chi connectivity index (χ2n) is 9.14. The first kappa shape index (κ1) is 24.6. The minimum atomic E-state index is -0.487. The molecule has 0 fully saturated rings. The molecule has 4 rings (SSSR count). The van der Waals surface area contributed by atoms with Crippen molar-refractivity contribution in [2.75, 3.05) is 11.1 Å². The van der Waals surface area contributed by atoms with Crippen molar-refractivity contribution >= 4 is 56.7 Å². The van der Waals surface area contributed by atoms with Gasteiger partial charge in [0.1, 0.15) is 0 Å². The summed E-state index contributed by atoms with van der Waals surface area (Å²) in [6, 6.07) is 16.9. The van der Waals surface area contributed by atoms with Gasteiger partial charge >= 0.3 is 0 Å². The number of nitrogens with zero attached hydrogens (tertiary/aromatic N) is 1. The molecule has 0 saturated carbocycles. The number of dihydropyridines is 1. The predicted octanol–water partition coefficient (Wildman–Crippen LogP) is 6.54. The zero-order valence-electron chi connectivity index (χ0n) is 18.7. The fourth-order valence-corrected chi connectivity index (χ4v) is 5.60. The molecule has 174 valence electrons. The molecule has 1 unspecified atom stereocenters. The Bertz CT molecular complexity index is 1240. The van der Waals surface area contributed by atoms with E-state index in [4.69, 9.17) is 11.6 Å². The van der Waals surface area contributed by atoms with Gasteiger partial charge in [-0.3, -0.25) is 9.59 Å². The van der Waals surface area contributed by atoms with Gasteiger partial charge < -0.3 is 10.6 Å². The maximum absolute atomic E-state index is 13.2. The Kier molecular flexibility index (Phi) is 7.22. The Labute approximate surface area is 216 Å². The average molecular weight is 557 g/mol. The third kappa shape index (κ3) is 5.41. The van der Waals surface area contributed by atoms with E-state index in [2.05, 4.69) is 46.5 Å². The molecule has 0 saturated heterocycles. The molecular formula is C26H23BrClN3O2S. The monoisotopic (exact) mass is 555 g/mol. The van der Waals surface area contributed by atoms with Crippen LogP contribution in [-0.4, -0.2) is 17.4 Å². The molecule has 0 radical (unpaired) electrons. The van der Waals surface area contributed by atoms with E-state index in [-0.39, 0.29) is 22.9 Å². The Morgan fingerprint density at radius 2 is 1.88 bits per heavy atom. The molecule has 2 aromatic rings. The third-order valence-corrected chi connectivity index (χ3v) is 7.60. The number of halogens is 2. The van der Waals surface area contributed by atoms with E-state index < -0.39 is 5.92 Å². The van der Waals surface area contributed by atoms with Gasteiger partial charge in [0.15, 0.2) is 5.78 Å². The van der Waals surface area contributed by atoms with Gasteiger partial charge in [-0.15, -0.1) is 0 Å². The van der Waals surface area contributed by atoms with Crippen LogP contribution < -0.4 is 10.6 Å². The third-order valence-electron chi connectivity index (χ3n) is 5.81. The number of hydrogen-bond donors (Lipinski definition) is 2. The summed E-state index contributed by atoms with van der Waals surface area (Å²) in [6.07, 6.45) is 1.11. The molecule has 34 heavy (non-hydrogen) atoms. The zero-order valence-corrected chi connectivity index (χ0v) is 21.9. The zero-order chi connectivity index (χ0) is 24.5. The first-order valence-corrected chi connectivity index (χ1v) is 12.9. The summed E-state index contributed by atoms with van der Waals surface area (Å²) >= 11 is 10.7. The lowest BCUT2D eigenvalue weighted by Gasteiger charge is -2.39. The van der Waals surface area contributed by atoms with Crippen LogP contribution in [0, 0.1) is 16.7 Å². The van der Waals surface area contributed by atoms with Crippen LogP contribution in [0.5, 0.6) is 0 Å². The van der Waals surface area contributed by atoms with Crippen LogP contribution in [0.25, 0.3) is 0 Å². The van der Waals surface area contributed by atoms with Crippen molar-refractivity contribution in [3.63, 3.8) is 0 Å². The van der Waals surface area contributed by atoms with Crippen LogP contribution >= 0.6 is 39.3 Å². The summed E-state index contributed by atoms with van der Waals surface area (Å²) in [5, 5.41) is 17.5. The number of hydrogen-bond acceptors (Lipinski definition) is 5. The first-order chi connectivity index (χ1) is 16.2. The number of rotatable bonds is 5. The number of Topliss-reactive ketones (excluding diaryl/α,β-unsaturated/α-hetero) is 1. The first-order valence-electron chi connectivity index (χ1n) is 10.8. The highest BCUT2D eigenvalue weighted by atomic mass is 79.9. The van der Waals surface area contributed by atoms with Crippen LogP contribution in [0.15, 0.2) is 74.9 Å². The SMILES string of the molecule is CC1(C)CC(=O)C2=C(C1)NC(SCC(=O)Nc1ccc(Br)cc1)=C(C#N)C2c1ccc(Cl)cc1. The number of nitriles is 1. The molecule has 1 aliphatic carbocycles. The van der Waals surface area contributed by atoms with E-state index >= 15 is 0 Å². The van der Waals surface area contributed by atoms with Crippen molar-refractivity contribution in [3.8, 4) is 6.07 Å². The number of carbonyl (C=O) groups is 2. The fraction of sp³-hybridized carbons (Fsp3) is 0.269. The largest absolute Gasteiger partial charge is 0.352 e. The van der Waals surface area contributed by atoms with Gasteiger partial charge in [-0.05, 0) is 53.8 Å². The molecule has 2 aliphatic rings. The van der Waals surface area contributed by atoms with Crippen LogP contribution in [-0.2, 0) is 9.59 Å². The molecular weight excluding hydrogens is 534 g/mol. The van der Waals surface area contributed by atoms with E-state index in [9.17, 15) is 14.9 Å². The standard InChI is InChI=1S/C26H23BrClN3O2S/c1-26(2)11-20-24(21(32)12-26)23(15-3-7-17(28)8-4-15)19(13-29)25(31-20)34-14-22(33)30-18-9-5-16(27)6-10-18/h3-10,23,31H,11-12,14H2,1-2H3,(H,30,33). The number of anilines is 1. The highest BCUT2D eigenvalue weighted by Gasteiger charge is 2.41. The molecule has 0 bridgehead atoms. The second kappa shape index (κ2) is 9.99. The average Bonchev–Trinajstić information content (AvgIpc) is 2.78. The van der Waals surface area contributed by atoms with E-state index in [0.29, 0.717) is 39.7 Å². The summed E-state index contributed by atoms with van der Waals surface area (Å²) in [5.41, 5.74) is 3.25. The quantitative estimate of drug-likeness (QED) is 0.437. The van der Waals surface area contributed by atoms with Gasteiger partial charge in [0.05, 0.1) is 28.3 Å². The van der Waals surface area contributed by atoms with Crippen molar-refractivity contribution in [2.45, 2.75) is 32.6 Å². The molecule has 1 aliphatic heterocycles. The lowest BCUT2D eigenvalue weighted by atomic mass is 9.69. The summed E-state index contributed by atoms with van der Waals surface area (Å²) in [6.45, 7) is 4.13. The number of nitrogens with one attached hydrogen (secondary N) is 2. The van der Waals surface area contributed by atoms with Gasteiger partial charge in [0.25, 0.3) is 0 Å². The molecule has 0 aromatic heterocycles. The second-order valence-corrected chi connectivity index (χ2v) is 11.5. The molecule has 2 N–H and O–H groups in total. The molecule has 0 spiro atoms. The minimum Gasteiger partial charge on any atom is -0.352 e. The Hall–Kier alpha value is -2.53. The topological polar surface area (TPSA) is 82.0 Å². The summed E-state index contributed by atoms with van der Waals surface area (Å²) < 4.78 is 0.928. The van der Waals surface area contributed by atoms with Crippen LogP contribution in [0.1, 0.15) is 38.2 Å². The molecule has 8 heteroatoms. The summed E-state index contributed by atoms with van der Waals surface area (Å²) in [4.78, 5) is 25.8. The highest BCUT2D eigenvalue weighted by molar-refractivity contribution is 9.10. The molecule has 5 nitrogen and oxygen atoms in total. The lowest BCUT2D eigenvalue weighted by Crippen LogP contribution is -2.37. The van der Waals surface area contributed by atoms with Crippen LogP contribution in [0.3, 0.4) is 0 Å². The van der Waals surface area contributed by atoms with E-state index in [0.717, 1.165) is 15.7 Å². The number of thioether (sulfide) groups is 1. The van der Waals surface area contributed by atoms with Gasteiger partial charge in [0.2, 0.25) is 5.91 Å². The summed E-state index contributed by atoms with van der Waals surface area (Å²) in [5.74, 6) is -0.499. The number of carbonyl (C=O) groups excluding carboxylic acids is 2. The molecule has 2 aromatic carbocycles. The highest BCUT2D eigenvalue weighted by Crippen LogP contribution is 2.47. The van der Waals surface area contributed by atoms with E-state index in [1.807, 2.05) is 36.4 Å². The van der Waals surface area contributed by atoms with Crippen molar-refractivity contribution in [1.29, 1.82) is 5.26 Å². The normalized spacial score (nSPS) is 19.3. The number of benzene rings is 2. The van der Waals surface area contributed by atoms with Gasteiger partial charge in [-0.2, -0.15) is 5.26 Å². The fourth-order valence-electron chi connectivity index (χ4n) is 4.35. The van der Waals surface area contributed by atoms with Crippen LogP contribution in [0.4, 0.5) is 5.69 Å². The molecule has 1 amide bonds. The van der Waals surface area contributed by atoms with Gasteiger partial charge in [0, 0.05) is 32.9 Å². The lowest BCUT2D eigenvalue weighted by molar-refractivity contribution is -0.118. The molecule has 1 heterocycles. The van der Waals surface area contributed by atoms with Crippen molar-refractivity contribution in [3.05, 3.63) is 85.5 Å². The maximum atomic E-state index is 13.2. The number of amides is 1. The number of ketones is 1. The smallest absolute Gasteiger partial charge is 0.234 e. The van der Waals surface area contributed by atoms with Crippen LogP contribution in [0.2, 0.25) is 5.02 Å². The van der Waals surface area contributed by atoms with E-state index in [1.54, 1.807) is 12.1 Å². The van der Waals surface area contributed by atoms with Crippen molar-refractivity contribution in [1.82, 2.24) is 5.32 Å². The predicted molar refractivity (Wildman–Crippen MR) is 140 cm³/mol.